The molecular weight excluding hydrogens is 228 g/mol. The molecule has 0 radical (unpaired) electrons. The molecule has 1 amide bonds. The minimum atomic E-state index is -0.365. The Morgan fingerprint density at radius 1 is 1.39 bits per heavy atom. The molecule has 0 aromatic heterocycles. The first kappa shape index (κ1) is 12.9. The van der Waals surface area contributed by atoms with Gasteiger partial charge in [0.2, 0.25) is 0 Å². The fourth-order valence-corrected chi connectivity index (χ4v) is 2.55. The SMILES string of the molecule is CCN(c1ccccc1C(N)=O)C1CCOCC1. The van der Waals surface area contributed by atoms with Gasteiger partial charge in [0.25, 0.3) is 5.91 Å². The van der Waals surface area contributed by atoms with E-state index in [9.17, 15) is 4.79 Å². The van der Waals surface area contributed by atoms with Crippen molar-refractivity contribution in [3.05, 3.63) is 29.8 Å². The quantitative estimate of drug-likeness (QED) is 0.883. The van der Waals surface area contributed by atoms with Crippen LogP contribution in [-0.4, -0.2) is 31.7 Å². The molecule has 2 rings (SSSR count). The minimum absolute atomic E-state index is 0.365. The standard InChI is InChI=1S/C14H20N2O2/c1-2-16(11-7-9-18-10-8-11)13-6-4-3-5-12(13)14(15)17/h3-6,11H,2,7-10H2,1H3,(H2,15,17). The summed E-state index contributed by atoms with van der Waals surface area (Å²) in [6.07, 6.45) is 2.00. The van der Waals surface area contributed by atoms with Crippen LogP contribution in [0.5, 0.6) is 0 Å². The number of rotatable bonds is 4. The molecule has 0 bridgehead atoms. The number of ether oxygens (including phenoxy) is 1. The van der Waals surface area contributed by atoms with Crippen molar-refractivity contribution in [2.75, 3.05) is 24.7 Å². The van der Waals surface area contributed by atoms with Crippen LogP contribution < -0.4 is 10.6 Å². The minimum Gasteiger partial charge on any atom is -0.381 e. The fraction of sp³-hybridized carbons (Fsp3) is 0.500. The molecule has 0 spiro atoms. The second kappa shape index (κ2) is 5.87. The monoisotopic (exact) mass is 248 g/mol. The van der Waals surface area contributed by atoms with Crippen molar-refractivity contribution < 1.29 is 9.53 Å². The van der Waals surface area contributed by atoms with Gasteiger partial charge in [0.1, 0.15) is 0 Å². The number of carbonyl (C=O) groups is 1. The van der Waals surface area contributed by atoms with Gasteiger partial charge in [-0.1, -0.05) is 12.1 Å². The van der Waals surface area contributed by atoms with Crippen LogP contribution in [0.3, 0.4) is 0 Å². The van der Waals surface area contributed by atoms with Crippen molar-refractivity contribution in [3.8, 4) is 0 Å². The first-order valence-corrected chi connectivity index (χ1v) is 6.47. The van der Waals surface area contributed by atoms with Crippen molar-refractivity contribution in [1.29, 1.82) is 0 Å². The summed E-state index contributed by atoms with van der Waals surface area (Å²) in [5.41, 5.74) is 6.99. The summed E-state index contributed by atoms with van der Waals surface area (Å²) in [5.74, 6) is -0.365. The average molecular weight is 248 g/mol. The van der Waals surface area contributed by atoms with Gasteiger partial charge >= 0.3 is 0 Å². The Balaban J connectivity index is 2.28. The molecule has 4 heteroatoms. The van der Waals surface area contributed by atoms with Gasteiger partial charge in [-0.15, -0.1) is 0 Å². The molecule has 1 aromatic rings. The zero-order valence-corrected chi connectivity index (χ0v) is 10.8. The number of nitrogens with zero attached hydrogens (tertiary/aromatic N) is 1. The van der Waals surface area contributed by atoms with Gasteiger partial charge in [0.05, 0.1) is 5.56 Å². The van der Waals surface area contributed by atoms with E-state index in [0.29, 0.717) is 11.6 Å². The Hall–Kier alpha value is -1.55. The first-order chi connectivity index (χ1) is 8.74. The maximum Gasteiger partial charge on any atom is 0.250 e. The van der Waals surface area contributed by atoms with E-state index in [0.717, 1.165) is 38.3 Å². The van der Waals surface area contributed by atoms with E-state index in [4.69, 9.17) is 10.5 Å². The highest BCUT2D eigenvalue weighted by Gasteiger charge is 2.23. The molecule has 0 atom stereocenters. The van der Waals surface area contributed by atoms with E-state index in [2.05, 4.69) is 11.8 Å². The van der Waals surface area contributed by atoms with Crippen LogP contribution in [0, 0.1) is 0 Å². The van der Waals surface area contributed by atoms with Crippen LogP contribution in [0.25, 0.3) is 0 Å². The molecule has 98 valence electrons. The summed E-state index contributed by atoms with van der Waals surface area (Å²) < 4.78 is 5.39. The zero-order valence-electron chi connectivity index (χ0n) is 10.8. The molecule has 1 heterocycles. The first-order valence-electron chi connectivity index (χ1n) is 6.47. The molecule has 0 saturated carbocycles. The Kier molecular flexibility index (Phi) is 4.20. The highest BCUT2D eigenvalue weighted by atomic mass is 16.5. The largest absolute Gasteiger partial charge is 0.381 e. The van der Waals surface area contributed by atoms with Gasteiger partial charge in [-0.05, 0) is 31.9 Å². The lowest BCUT2D eigenvalue weighted by atomic mass is 10.0. The molecule has 2 N–H and O–H groups in total. The van der Waals surface area contributed by atoms with Gasteiger partial charge in [-0.3, -0.25) is 4.79 Å². The maximum atomic E-state index is 11.5. The Morgan fingerprint density at radius 3 is 2.67 bits per heavy atom. The van der Waals surface area contributed by atoms with Crippen LogP contribution in [0.15, 0.2) is 24.3 Å². The molecule has 0 aliphatic carbocycles. The zero-order chi connectivity index (χ0) is 13.0. The fourth-order valence-electron chi connectivity index (χ4n) is 2.55. The topological polar surface area (TPSA) is 55.6 Å². The molecule has 1 saturated heterocycles. The van der Waals surface area contributed by atoms with Crippen LogP contribution in [-0.2, 0) is 4.74 Å². The molecule has 1 aromatic carbocycles. The number of benzene rings is 1. The summed E-state index contributed by atoms with van der Waals surface area (Å²) in [4.78, 5) is 13.8. The van der Waals surface area contributed by atoms with Gasteiger partial charge in [-0.2, -0.15) is 0 Å². The third-order valence-corrected chi connectivity index (χ3v) is 3.45. The van der Waals surface area contributed by atoms with Crippen LogP contribution in [0.1, 0.15) is 30.1 Å². The maximum absolute atomic E-state index is 11.5. The summed E-state index contributed by atoms with van der Waals surface area (Å²) in [6.45, 7) is 4.56. The number of para-hydroxylation sites is 1. The molecule has 18 heavy (non-hydrogen) atoms. The van der Waals surface area contributed by atoms with Crippen molar-refractivity contribution in [2.45, 2.75) is 25.8 Å². The van der Waals surface area contributed by atoms with E-state index >= 15 is 0 Å². The molecule has 0 unspecified atom stereocenters. The number of carbonyl (C=O) groups excluding carboxylic acids is 1. The Labute approximate surface area is 108 Å². The van der Waals surface area contributed by atoms with Gasteiger partial charge < -0.3 is 15.4 Å². The molecule has 1 aliphatic rings. The molecule has 1 aliphatic heterocycles. The third kappa shape index (κ3) is 2.64. The summed E-state index contributed by atoms with van der Waals surface area (Å²) >= 11 is 0. The van der Waals surface area contributed by atoms with Crippen LogP contribution in [0.2, 0.25) is 0 Å². The molecular formula is C14H20N2O2. The number of hydrogen-bond acceptors (Lipinski definition) is 3. The van der Waals surface area contributed by atoms with E-state index in [1.165, 1.54) is 0 Å². The predicted molar refractivity (Wildman–Crippen MR) is 71.8 cm³/mol. The van der Waals surface area contributed by atoms with Crippen molar-refractivity contribution in [1.82, 2.24) is 0 Å². The van der Waals surface area contributed by atoms with Crippen molar-refractivity contribution in [2.24, 2.45) is 5.73 Å². The summed E-state index contributed by atoms with van der Waals surface area (Å²) in [5, 5.41) is 0. The lowest BCUT2D eigenvalue weighted by Crippen LogP contribution is -2.40. The molecule has 4 nitrogen and oxygen atoms in total. The second-order valence-corrected chi connectivity index (χ2v) is 4.51. The smallest absolute Gasteiger partial charge is 0.250 e. The lowest BCUT2D eigenvalue weighted by Gasteiger charge is -2.36. The van der Waals surface area contributed by atoms with E-state index in [-0.39, 0.29) is 5.91 Å². The Bertz CT molecular complexity index is 414. The van der Waals surface area contributed by atoms with Crippen molar-refractivity contribution >= 4 is 11.6 Å². The predicted octanol–water partition coefficient (Wildman–Crippen LogP) is 1.79. The number of amides is 1. The number of primary amides is 1. The highest BCUT2D eigenvalue weighted by Crippen LogP contribution is 2.25. The van der Waals surface area contributed by atoms with E-state index in [1.807, 2.05) is 18.2 Å². The third-order valence-electron chi connectivity index (χ3n) is 3.45. The highest BCUT2D eigenvalue weighted by molar-refractivity contribution is 5.98. The van der Waals surface area contributed by atoms with Gasteiger partial charge in [0, 0.05) is 31.5 Å². The lowest BCUT2D eigenvalue weighted by molar-refractivity contribution is 0.0845. The van der Waals surface area contributed by atoms with Gasteiger partial charge in [0.15, 0.2) is 0 Å². The van der Waals surface area contributed by atoms with E-state index in [1.54, 1.807) is 6.07 Å². The second-order valence-electron chi connectivity index (χ2n) is 4.51. The average Bonchev–Trinajstić information content (AvgIpc) is 2.41. The number of nitrogens with two attached hydrogens (primary N) is 1. The van der Waals surface area contributed by atoms with Gasteiger partial charge in [-0.25, -0.2) is 0 Å². The summed E-state index contributed by atoms with van der Waals surface area (Å²) in [6, 6.07) is 7.99. The number of hydrogen-bond donors (Lipinski definition) is 1. The van der Waals surface area contributed by atoms with Crippen LogP contribution in [0.4, 0.5) is 5.69 Å². The normalized spacial score (nSPS) is 16.5. The summed E-state index contributed by atoms with van der Waals surface area (Å²) in [7, 11) is 0. The van der Waals surface area contributed by atoms with E-state index < -0.39 is 0 Å². The van der Waals surface area contributed by atoms with Crippen LogP contribution >= 0.6 is 0 Å². The van der Waals surface area contributed by atoms with Crippen molar-refractivity contribution in [3.63, 3.8) is 0 Å². The molecule has 1 fully saturated rings. The Morgan fingerprint density at radius 2 is 2.06 bits per heavy atom. The number of anilines is 1.